The Morgan fingerprint density at radius 3 is 2.55 bits per heavy atom. The van der Waals surface area contributed by atoms with Gasteiger partial charge in [0.1, 0.15) is 5.82 Å². The maximum atomic E-state index is 8.83. The molecule has 0 saturated heterocycles. The van der Waals surface area contributed by atoms with Crippen LogP contribution in [0.4, 0.5) is 11.5 Å². The molecule has 1 aromatic heterocycles. The van der Waals surface area contributed by atoms with E-state index in [1.807, 2.05) is 12.1 Å². The molecule has 1 unspecified atom stereocenters. The van der Waals surface area contributed by atoms with Gasteiger partial charge in [0.25, 0.3) is 0 Å². The van der Waals surface area contributed by atoms with Crippen molar-refractivity contribution in [2.24, 2.45) is 0 Å². The van der Waals surface area contributed by atoms with Gasteiger partial charge in [-0.3, -0.25) is 0 Å². The van der Waals surface area contributed by atoms with Crippen LogP contribution in [-0.2, 0) is 0 Å². The molecular formula is C17H22ClN3O. The Labute approximate surface area is 136 Å². The van der Waals surface area contributed by atoms with Crippen molar-refractivity contribution in [2.45, 2.75) is 19.3 Å². The summed E-state index contributed by atoms with van der Waals surface area (Å²) in [7, 11) is 0. The lowest BCUT2D eigenvalue weighted by atomic mass is 9.96. The molecule has 0 amide bonds. The summed E-state index contributed by atoms with van der Waals surface area (Å²) in [6.45, 7) is 3.86. The third-order valence-electron chi connectivity index (χ3n) is 3.55. The zero-order chi connectivity index (χ0) is 15.8. The Balaban J connectivity index is 1.97. The Bertz CT molecular complexity index is 557. The molecule has 3 N–H and O–H groups in total. The fourth-order valence-corrected chi connectivity index (χ4v) is 2.40. The Kier molecular flexibility index (Phi) is 6.65. The third-order valence-corrected chi connectivity index (χ3v) is 3.78. The van der Waals surface area contributed by atoms with Crippen LogP contribution in [0.1, 0.15) is 24.8 Å². The highest BCUT2D eigenvalue weighted by molar-refractivity contribution is 6.30. The van der Waals surface area contributed by atoms with E-state index in [0.29, 0.717) is 17.5 Å². The largest absolute Gasteiger partial charge is 0.395 e. The number of hydrogen-bond acceptors (Lipinski definition) is 4. The summed E-state index contributed by atoms with van der Waals surface area (Å²) in [4.78, 5) is 4.22. The van der Waals surface area contributed by atoms with Gasteiger partial charge in [-0.1, -0.05) is 30.7 Å². The van der Waals surface area contributed by atoms with E-state index < -0.39 is 0 Å². The smallest absolute Gasteiger partial charge is 0.130 e. The van der Waals surface area contributed by atoms with Crippen LogP contribution in [0.3, 0.4) is 0 Å². The first-order valence-corrected chi connectivity index (χ1v) is 7.91. The highest BCUT2D eigenvalue weighted by Gasteiger charge is 2.08. The number of benzene rings is 1. The average Bonchev–Trinajstić information content (AvgIpc) is 2.55. The second-order valence-corrected chi connectivity index (χ2v) is 5.58. The first-order valence-electron chi connectivity index (χ1n) is 7.53. The van der Waals surface area contributed by atoms with Crippen molar-refractivity contribution in [3.05, 3.63) is 53.2 Å². The second-order valence-electron chi connectivity index (χ2n) is 5.14. The van der Waals surface area contributed by atoms with Crippen LogP contribution in [-0.4, -0.2) is 29.8 Å². The van der Waals surface area contributed by atoms with Crippen molar-refractivity contribution >= 4 is 23.1 Å². The maximum Gasteiger partial charge on any atom is 0.130 e. The first kappa shape index (κ1) is 16.7. The van der Waals surface area contributed by atoms with E-state index in [1.54, 1.807) is 6.20 Å². The number of halogens is 1. The minimum absolute atomic E-state index is 0.174. The third kappa shape index (κ3) is 4.98. The summed E-state index contributed by atoms with van der Waals surface area (Å²) in [6.07, 6.45) is 2.68. The van der Waals surface area contributed by atoms with Crippen molar-refractivity contribution in [2.75, 3.05) is 25.0 Å². The molecule has 1 atom stereocenters. The first-order chi connectivity index (χ1) is 10.7. The van der Waals surface area contributed by atoms with Gasteiger partial charge in [-0.05, 0) is 42.2 Å². The van der Waals surface area contributed by atoms with Crippen molar-refractivity contribution in [1.82, 2.24) is 10.3 Å². The quantitative estimate of drug-likeness (QED) is 0.651. The van der Waals surface area contributed by atoms with E-state index in [0.717, 1.165) is 24.5 Å². The number of nitrogens with one attached hydrogen (secondary N) is 2. The molecule has 0 aliphatic carbocycles. The molecule has 0 aliphatic heterocycles. The van der Waals surface area contributed by atoms with Crippen LogP contribution in [0.2, 0.25) is 5.02 Å². The summed E-state index contributed by atoms with van der Waals surface area (Å²) in [5.41, 5.74) is 2.29. The van der Waals surface area contributed by atoms with E-state index in [-0.39, 0.29) is 6.61 Å². The maximum absolute atomic E-state index is 8.83. The minimum atomic E-state index is 0.174. The van der Waals surface area contributed by atoms with Gasteiger partial charge in [0.05, 0.1) is 11.6 Å². The molecule has 0 fully saturated rings. The normalized spacial score (nSPS) is 12.1. The van der Waals surface area contributed by atoms with E-state index in [9.17, 15) is 0 Å². The second kappa shape index (κ2) is 8.73. The van der Waals surface area contributed by atoms with E-state index in [2.05, 4.69) is 46.8 Å². The number of aliphatic hydroxyl groups excluding tert-OH is 1. The lowest BCUT2D eigenvalue weighted by Crippen LogP contribution is -2.24. The fourth-order valence-electron chi connectivity index (χ4n) is 2.29. The van der Waals surface area contributed by atoms with Crippen LogP contribution in [0.25, 0.3) is 0 Å². The monoisotopic (exact) mass is 319 g/mol. The van der Waals surface area contributed by atoms with Crippen molar-refractivity contribution in [1.29, 1.82) is 0 Å². The molecule has 0 spiro atoms. The molecule has 0 bridgehead atoms. The minimum Gasteiger partial charge on any atom is -0.395 e. The predicted octanol–water partition coefficient (Wildman–Crippen LogP) is 3.55. The molecule has 0 radical (unpaired) electrons. The summed E-state index contributed by atoms with van der Waals surface area (Å²) in [5.74, 6) is 1.23. The zero-order valence-electron chi connectivity index (χ0n) is 12.7. The van der Waals surface area contributed by atoms with Gasteiger partial charge in [0.15, 0.2) is 0 Å². The lowest BCUT2D eigenvalue weighted by molar-refractivity contribution is 0.290. The number of aliphatic hydroxyl groups is 1. The molecule has 118 valence electrons. The fraction of sp³-hybridized carbons (Fsp3) is 0.353. The van der Waals surface area contributed by atoms with Gasteiger partial charge < -0.3 is 15.7 Å². The number of pyridine rings is 1. The molecular weight excluding hydrogens is 298 g/mol. The van der Waals surface area contributed by atoms with Crippen LogP contribution < -0.4 is 10.6 Å². The summed E-state index contributed by atoms with van der Waals surface area (Å²) in [6, 6.07) is 12.0. The van der Waals surface area contributed by atoms with E-state index in [1.165, 1.54) is 5.56 Å². The molecule has 2 aromatic rings. The molecule has 1 aromatic carbocycles. The van der Waals surface area contributed by atoms with Gasteiger partial charge >= 0.3 is 0 Å². The van der Waals surface area contributed by atoms with Crippen LogP contribution >= 0.6 is 11.6 Å². The molecule has 22 heavy (non-hydrogen) atoms. The van der Waals surface area contributed by atoms with Crippen LogP contribution in [0.5, 0.6) is 0 Å². The summed E-state index contributed by atoms with van der Waals surface area (Å²) >= 11 is 5.83. The SMILES string of the molecule is CCC(CNCCO)c1ccc(Nc2ccc(Cl)cn2)cc1. The topological polar surface area (TPSA) is 57.2 Å². The van der Waals surface area contributed by atoms with E-state index in [4.69, 9.17) is 16.7 Å². The van der Waals surface area contributed by atoms with Crippen molar-refractivity contribution in [3.63, 3.8) is 0 Å². The molecule has 1 heterocycles. The highest BCUT2D eigenvalue weighted by Crippen LogP contribution is 2.22. The Morgan fingerprint density at radius 2 is 1.95 bits per heavy atom. The van der Waals surface area contributed by atoms with Crippen molar-refractivity contribution in [3.8, 4) is 0 Å². The van der Waals surface area contributed by atoms with Gasteiger partial charge in [-0.15, -0.1) is 0 Å². The summed E-state index contributed by atoms with van der Waals surface area (Å²) < 4.78 is 0. The highest BCUT2D eigenvalue weighted by atomic mass is 35.5. The van der Waals surface area contributed by atoms with Crippen LogP contribution in [0.15, 0.2) is 42.6 Å². The zero-order valence-corrected chi connectivity index (χ0v) is 13.5. The molecule has 4 nitrogen and oxygen atoms in total. The Hall–Kier alpha value is -1.62. The lowest BCUT2D eigenvalue weighted by Gasteiger charge is -2.16. The molecule has 2 rings (SSSR count). The van der Waals surface area contributed by atoms with Crippen LogP contribution in [0, 0.1) is 0 Å². The van der Waals surface area contributed by atoms with Crippen molar-refractivity contribution < 1.29 is 5.11 Å². The van der Waals surface area contributed by atoms with E-state index >= 15 is 0 Å². The Morgan fingerprint density at radius 1 is 1.18 bits per heavy atom. The number of hydrogen-bond donors (Lipinski definition) is 3. The summed E-state index contributed by atoms with van der Waals surface area (Å²) in [5, 5.41) is 16.0. The average molecular weight is 320 g/mol. The number of aromatic nitrogens is 1. The van der Waals surface area contributed by atoms with Gasteiger partial charge in [0, 0.05) is 25.0 Å². The standard InChI is InChI=1S/C17H22ClN3O/c1-2-13(11-19-9-10-22)14-3-6-16(7-4-14)21-17-8-5-15(18)12-20-17/h3-8,12-13,19,22H,2,9-11H2,1H3,(H,20,21). The molecule has 5 heteroatoms. The van der Waals surface area contributed by atoms with Gasteiger partial charge in [-0.2, -0.15) is 0 Å². The van der Waals surface area contributed by atoms with Gasteiger partial charge in [-0.25, -0.2) is 4.98 Å². The number of anilines is 2. The number of rotatable bonds is 8. The van der Waals surface area contributed by atoms with Gasteiger partial charge in [0.2, 0.25) is 0 Å². The predicted molar refractivity (Wildman–Crippen MR) is 92.0 cm³/mol. The molecule has 0 saturated carbocycles. The molecule has 0 aliphatic rings. The number of nitrogens with zero attached hydrogens (tertiary/aromatic N) is 1.